The summed E-state index contributed by atoms with van der Waals surface area (Å²) in [4.78, 5) is 30.6. The van der Waals surface area contributed by atoms with Crippen molar-refractivity contribution in [3.05, 3.63) is 40.0 Å². The molecule has 0 aromatic carbocycles. The van der Waals surface area contributed by atoms with Crippen LogP contribution < -0.4 is 5.32 Å². The monoisotopic (exact) mass is 307 g/mol. The second-order valence-electron chi connectivity index (χ2n) is 3.91. The Morgan fingerprint density at radius 3 is 2.95 bits per heavy atom. The molecular formula is C13H13N3O4S. The average molecular weight is 307 g/mol. The number of esters is 1. The number of ether oxygens (including phenoxy) is 1. The van der Waals surface area contributed by atoms with Crippen molar-refractivity contribution in [3.8, 4) is 0 Å². The largest absolute Gasteiger partial charge is 0.476 e. The molecule has 110 valence electrons. The van der Waals surface area contributed by atoms with E-state index in [-0.39, 0.29) is 18.8 Å². The lowest BCUT2D eigenvalue weighted by molar-refractivity contribution is 0.0526. The first kappa shape index (κ1) is 14.9. The number of carboxylic acids is 1. The van der Waals surface area contributed by atoms with E-state index in [1.54, 1.807) is 25.3 Å². The molecule has 0 bridgehead atoms. The summed E-state index contributed by atoms with van der Waals surface area (Å²) < 4.78 is 4.95. The first-order chi connectivity index (χ1) is 10.1. The summed E-state index contributed by atoms with van der Waals surface area (Å²) >= 11 is 1.22. The van der Waals surface area contributed by atoms with Crippen LogP contribution in [0.2, 0.25) is 0 Å². The number of carbonyl (C=O) groups excluding carboxylic acids is 1. The van der Waals surface area contributed by atoms with Gasteiger partial charge in [0.25, 0.3) is 0 Å². The summed E-state index contributed by atoms with van der Waals surface area (Å²) in [5, 5.41) is 13.8. The van der Waals surface area contributed by atoms with Gasteiger partial charge in [-0.25, -0.2) is 19.6 Å². The van der Waals surface area contributed by atoms with E-state index in [1.807, 2.05) is 0 Å². The topological polar surface area (TPSA) is 101 Å². The number of carboxylic acid groups (broad SMARTS) is 1. The Balaban J connectivity index is 2.09. The number of anilines is 1. The lowest BCUT2D eigenvalue weighted by atomic mass is 10.2. The van der Waals surface area contributed by atoms with Gasteiger partial charge in [-0.3, -0.25) is 0 Å². The summed E-state index contributed by atoms with van der Waals surface area (Å²) in [7, 11) is 0. The van der Waals surface area contributed by atoms with Crippen molar-refractivity contribution in [1.29, 1.82) is 0 Å². The predicted octanol–water partition coefficient (Wildman–Crippen LogP) is 2.03. The average Bonchev–Trinajstić information content (AvgIpc) is 2.95. The summed E-state index contributed by atoms with van der Waals surface area (Å²) in [5.74, 6) is -1.15. The Labute approximate surface area is 124 Å². The molecule has 2 aromatic rings. The van der Waals surface area contributed by atoms with E-state index in [0.29, 0.717) is 16.4 Å². The molecule has 0 unspecified atom stereocenters. The standard InChI is InChI=1S/C13H13N3O4S/c1-2-20-13(19)8-4-3-5-14-11(8)15-6-10-16-9(7-21-10)12(17)18/h3-5,7H,2,6H2,1H3,(H,14,15)(H,17,18). The van der Waals surface area contributed by atoms with E-state index in [2.05, 4.69) is 15.3 Å². The van der Waals surface area contributed by atoms with Gasteiger partial charge in [-0.15, -0.1) is 11.3 Å². The van der Waals surface area contributed by atoms with Gasteiger partial charge in [0, 0.05) is 11.6 Å². The maximum Gasteiger partial charge on any atom is 0.355 e. The van der Waals surface area contributed by atoms with Crippen molar-refractivity contribution in [1.82, 2.24) is 9.97 Å². The Bertz CT molecular complexity index is 656. The molecule has 0 saturated heterocycles. The van der Waals surface area contributed by atoms with Crippen LogP contribution in [-0.4, -0.2) is 33.6 Å². The number of aromatic carboxylic acids is 1. The molecule has 0 aliphatic carbocycles. The minimum absolute atomic E-state index is 0.00318. The number of nitrogens with one attached hydrogen (secondary N) is 1. The van der Waals surface area contributed by atoms with Gasteiger partial charge in [0.15, 0.2) is 5.69 Å². The maximum atomic E-state index is 11.8. The van der Waals surface area contributed by atoms with Crippen LogP contribution in [0.15, 0.2) is 23.7 Å². The van der Waals surface area contributed by atoms with Crippen molar-refractivity contribution in [3.63, 3.8) is 0 Å². The number of thiazole rings is 1. The van der Waals surface area contributed by atoms with Crippen molar-refractivity contribution >= 4 is 29.1 Å². The third kappa shape index (κ3) is 3.76. The zero-order valence-corrected chi connectivity index (χ0v) is 12.0. The second-order valence-corrected chi connectivity index (χ2v) is 4.85. The van der Waals surface area contributed by atoms with Gasteiger partial charge in [0.2, 0.25) is 0 Å². The molecule has 21 heavy (non-hydrogen) atoms. The number of hydrogen-bond acceptors (Lipinski definition) is 7. The van der Waals surface area contributed by atoms with E-state index in [0.717, 1.165) is 0 Å². The minimum Gasteiger partial charge on any atom is -0.476 e. The highest BCUT2D eigenvalue weighted by Crippen LogP contribution is 2.16. The highest BCUT2D eigenvalue weighted by Gasteiger charge is 2.14. The fourth-order valence-corrected chi connectivity index (χ4v) is 2.28. The van der Waals surface area contributed by atoms with E-state index in [1.165, 1.54) is 16.7 Å². The van der Waals surface area contributed by atoms with Gasteiger partial charge in [0.1, 0.15) is 16.4 Å². The Kier molecular flexibility index (Phi) is 4.83. The number of nitrogens with zero attached hydrogens (tertiary/aromatic N) is 2. The van der Waals surface area contributed by atoms with Crippen LogP contribution in [0.3, 0.4) is 0 Å². The Morgan fingerprint density at radius 1 is 1.48 bits per heavy atom. The third-order valence-corrected chi connectivity index (χ3v) is 3.33. The molecule has 2 rings (SSSR count). The van der Waals surface area contributed by atoms with Crippen LogP contribution in [0.25, 0.3) is 0 Å². The smallest absolute Gasteiger partial charge is 0.355 e. The van der Waals surface area contributed by atoms with Crippen molar-refractivity contribution in [2.45, 2.75) is 13.5 Å². The van der Waals surface area contributed by atoms with Crippen LogP contribution >= 0.6 is 11.3 Å². The first-order valence-corrected chi connectivity index (χ1v) is 7.03. The number of hydrogen-bond donors (Lipinski definition) is 2. The lowest BCUT2D eigenvalue weighted by Gasteiger charge is -2.08. The molecule has 0 aliphatic rings. The number of aromatic nitrogens is 2. The molecule has 0 aliphatic heterocycles. The molecule has 8 heteroatoms. The zero-order chi connectivity index (χ0) is 15.2. The van der Waals surface area contributed by atoms with Crippen LogP contribution in [0.5, 0.6) is 0 Å². The SMILES string of the molecule is CCOC(=O)c1cccnc1NCc1nc(C(=O)O)cs1. The van der Waals surface area contributed by atoms with Gasteiger partial charge in [0.05, 0.1) is 13.2 Å². The third-order valence-electron chi connectivity index (χ3n) is 2.48. The Hall–Kier alpha value is -2.48. The molecule has 0 amide bonds. The van der Waals surface area contributed by atoms with E-state index < -0.39 is 11.9 Å². The first-order valence-electron chi connectivity index (χ1n) is 6.15. The molecule has 0 radical (unpaired) electrons. The van der Waals surface area contributed by atoms with Crippen LogP contribution in [-0.2, 0) is 11.3 Å². The Morgan fingerprint density at radius 2 is 2.29 bits per heavy atom. The van der Waals surface area contributed by atoms with E-state index >= 15 is 0 Å². The molecule has 0 atom stereocenters. The van der Waals surface area contributed by atoms with Gasteiger partial charge in [-0.1, -0.05) is 0 Å². The van der Waals surface area contributed by atoms with Crippen LogP contribution in [0.4, 0.5) is 5.82 Å². The van der Waals surface area contributed by atoms with E-state index in [4.69, 9.17) is 9.84 Å². The zero-order valence-electron chi connectivity index (χ0n) is 11.2. The number of pyridine rings is 1. The predicted molar refractivity (Wildman–Crippen MR) is 76.6 cm³/mol. The molecule has 2 N–H and O–H groups in total. The normalized spacial score (nSPS) is 10.1. The van der Waals surface area contributed by atoms with Crippen LogP contribution in [0, 0.1) is 0 Å². The molecular weight excluding hydrogens is 294 g/mol. The molecule has 0 spiro atoms. The highest BCUT2D eigenvalue weighted by molar-refractivity contribution is 7.09. The van der Waals surface area contributed by atoms with Gasteiger partial charge >= 0.3 is 11.9 Å². The van der Waals surface area contributed by atoms with Crippen molar-refractivity contribution in [2.75, 3.05) is 11.9 Å². The molecule has 0 saturated carbocycles. The van der Waals surface area contributed by atoms with Gasteiger partial charge in [-0.05, 0) is 19.1 Å². The number of rotatable bonds is 6. The minimum atomic E-state index is -1.07. The van der Waals surface area contributed by atoms with Crippen molar-refractivity contribution in [2.24, 2.45) is 0 Å². The summed E-state index contributed by atoms with van der Waals surface area (Å²) in [5.41, 5.74) is 0.331. The number of carbonyl (C=O) groups is 2. The lowest BCUT2D eigenvalue weighted by Crippen LogP contribution is -2.11. The fourth-order valence-electron chi connectivity index (χ4n) is 1.57. The summed E-state index contributed by atoms with van der Waals surface area (Å²) in [6.07, 6.45) is 1.55. The van der Waals surface area contributed by atoms with Gasteiger partial charge in [-0.2, -0.15) is 0 Å². The second kappa shape index (κ2) is 6.80. The van der Waals surface area contributed by atoms with Gasteiger partial charge < -0.3 is 15.2 Å². The van der Waals surface area contributed by atoms with E-state index in [9.17, 15) is 9.59 Å². The van der Waals surface area contributed by atoms with Crippen molar-refractivity contribution < 1.29 is 19.4 Å². The molecule has 2 heterocycles. The summed E-state index contributed by atoms with van der Waals surface area (Å²) in [6, 6.07) is 3.25. The maximum absolute atomic E-state index is 11.8. The molecule has 0 fully saturated rings. The fraction of sp³-hybridized carbons (Fsp3) is 0.231. The van der Waals surface area contributed by atoms with Crippen LogP contribution in [0.1, 0.15) is 32.8 Å². The highest BCUT2D eigenvalue weighted by atomic mass is 32.1. The quantitative estimate of drug-likeness (QED) is 0.787. The molecule has 2 aromatic heterocycles. The summed E-state index contributed by atoms with van der Waals surface area (Å²) in [6.45, 7) is 2.29. The molecule has 7 nitrogen and oxygen atoms in total.